The minimum absolute atomic E-state index is 0.782. The van der Waals surface area contributed by atoms with Crippen LogP contribution in [0.3, 0.4) is 0 Å². The first-order valence-electron chi connectivity index (χ1n) is 26.0. The second kappa shape index (κ2) is 31.3. The van der Waals surface area contributed by atoms with Gasteiger partial charge >= 0.3 is 0 Å². The van der Waals surface area contributed by atoms with Gasteiger partial charge in [-0.05, 0) is 75.9 Å². The molecule has 3 fully saturated rings. The third-order valence-corrected chi connectivity index (χ3v) is 54.1. The summed E-state index contributed by atoms with van der Waals surface area (Å²) in [6.07, 6.45) is 53.9. The molecule has 0 spiro atoms. The molecule has 0 saturated heterocycles. The smallest absolute Gasteiger partial charge is 0.0632 e. The van der Waals surface area contributed by atoms with Crippen LogP contribution in [0.1, 0.15) is 272 Å². The number of rotatable bonds is 33. The highest BCUT2D eigenvalue weighted by molar-refractivity contribution is 9.98. The number of hydrogen-bond donors (Lipinski definition) is 0. The maximum absolute atomic E-state index is 3.20. The molecule has 0 radical (unpaired) electrons. The van der Waals surface area contributed by atoms with Gasteiger partial charge in [0.05, 0.1) is 4.58 Å². The molecule has 3 aliphatic rings. The molecule has 0 amide bonds. The van der Waals surface area contributed by atoms with Gasteiger partial charge in [-0.1, -0.05) is 265 Å². The Morgan fingerprint density at radius 3 is 1.12 bits per heavy atom. The molecule has 2 unspecified atom stereocenters. The third kappa shape index (κ3) is 18.5. The van der Waals surface area contributed by atoms with E-state index in [4.69, 9.17) is 0 Å². The first-order chi connectivity index (χ1) is 27.9. The van der Waals surface area contributed by atoms with Gasteiger partial charge in [-0.15, -0.1) is 11.8 Å². The Bertz CT molecular complexity index is 958. The van der Waals surface area contributed by atoms with Gasteiger partial charge in [0.15, 0.2) is 0 Å². The van der Waals surface area contributed by atoms with Gasteiger partial charge in [-0.3, -0.25) is 0 Å². The van der Waals surface area contributed by atoms with E-state index in [1.165, 1.54) is 255 Å². The normalized spacial score (nSPS) is 21.0. The van der Waals surface area contributed by atoms with Crippen LogP contribution in [0.15, 0.2) is 0 Å². The molecule has 2 atom stereocenters. The van der Waals surface area contributed by atoms with Crippen LogP contribution in [0.5, 0.6) is 0 Å². The molecule has 3 aliphatic carbocycles. The number of unbranched alkanes of at least 4 members (excludes halogenated alkanes) is 13. The average molecular weight is 926 g/mol. The average Bonchev–Trinajstić information content (AvgIpc) is 3.48. The lowest BCUT2D eigenvalue weighted by Crippen LogP contribution is -2.40. The molecule has 0 aromatic carbocycles. The number of hydrogen-bond acceptors (Lipinski definition) is 6. The van der Waals surface area contributed by atoms with Crippen molar-refractivity contribution in [1.29, 1.82) is 0 Å². The van der Waals surface area contributed by atoms with Crippen molar-refractivity contribution in [2.24, 2.45) is 5.92 Å². The van der Waals surface area contributed by atoms with Gasteiger partial charge in [0.25, 0.3) is 0 Å². The Hall–Kier alpha value is 2.45. The molecular formula is C50H100S7. The summed E-state index contributed by atoms with van der Waals surface area (Å²) in [5.74, 6) is 5.09. The van der Waals surface area contributed by atoms with E-state index in [-0.39, 0.29) is 0 Å². The van der Waals surface area contributed by atoms with E-state index < -0.39 is 3.45 Å². The largest absolute Gasteiger partial charge is 0.146 e. The zero-order valence-corrected chi connectivity index (χ0v) is 44.7. The summed E-state index contributed by atoms with van der Waals surface area (Å²) in [6.45, 7) is 12.4. The fourth-order valence-corrected chi connectivity index (χ4v) is 61.9. The zero-order chi connectivity index (χ0) is 40.8. The van der Waals surface area contributed by atoms with E-state index in [9.17, 15) is 0 Å². The SMILES string of the molecule is CCCCCCCCSS(SCCCCCCC)(SC1CCCCCCC1)(SC1CCCCCC1)(SC1CCCCC1)C(SCCCCCC)C(CC)CCCC. The Kier molecular flexibility index (Phi) is 29.6. The second-order valence-electron chi connectivity index (χ2n) is 18.7. The predicted molar refractivity (Wildman–Crippen MR) is 286 cm³/mol. The highest BCUT2D eigenvalue weighted by Crippen LogP contribution is 3.26. The highest BCUT2D eigenvalue weighted by atomic mass is 34.4. The lowest BCUT2D eigenvalue weighted by molar-refractivity contribution is 0.484. The van der Waals surface area contributed by atoms with Crippen molar-refractivity contribution < 1.29 is 0 Å². The molecule has 342 valence electrons. The van der Waals surface area contributed by atoms with Crippen LogP contribution in [-0.2, 0) is 0 Å². The van der Waals surface area contributed by atoms with Crippen molar-refractivity contribution in [1.82, 2.24) is 0 Å². The van der Waals surface area contributed by atoms with E-state index >= 15 is 0 Å². The quantitative estimate of drug-likeness (QED) is 0.0363. The van der Waals surface area contributed by atoms with E-state index in [0.29, 0.717) is 0 Å². The molecular weight excluding hydrogens is 825 g/mol. The fraction of sp³-hybridized carbons (Fsp3) is 1.00. The Morgan fingerprint density at radius 2 is 0.719 bits per heavy atom. The Labute approximate surface area is 381 Å². The Balaban J connectivity index is 2.40. The molecule has 57 heavy (non-hydrogen) atoms. The number of thioether (sulfide) groups is 1. The van der Waals surface area contributed by atoms with Crippen molar-refractivity contribution in [3.63, 3.8) is 0 Å². The van der Waals surface area contributed by atoms with Crippen LogP contribution in [0.2, 0.25) is 0 Å². The van der Waals surface area contributed by atoms with Gasteiger partial charge in [0.2, 0.25) is 0 Å². The van der Waals surface area contributed by atoms with E-state index in [0.717, 1.165) is 26.2 Å². The molecule has 0 bridgehead atoms. The monoisotopic (exact) mass is 925 g/mol. The van der Waals surface area contributed by atoms with Gasteiger partial charge in [-0.2, -0.15) is 0 Å². The third-order valence-electron chi connectivity index (χ3n) is 13.5. The van der Waals surface area contributed by atoms with Crippen molar-refractivity contribution in [2.75, 3.05) is 17.3 Å². The Morgan fingerprint density at radius 1 is 0.386 bits per heavy atom. The van der Waals surface area contributed by atoms with Gasteiger partial charge in [-0.25, -0.2) is 0 Å². The van der Waals surface area contributed by atoms with Gasteiger partial charge in [0.1, 0.15) is 0 Å². The molecule has 3 rings (SSSR count). The first-order valence-corrected chi connectivity index (χ1v) is 36.8. The highest BCUT2D eigenvalue weighted by Gasteiger charge is 2.72. The maximum Gasteiger partial charge on any atom is 0.0632 e. The molecule has 0 aromatic heterocycles. The molecule has 3 saturated carbocycles. The second-order valence-corrected chi connectivity index (χ2v) is 49.3. The summed E-state index contributed by atoms with van der Waals surface area (Å²) in [5, 5.41) is 2.55. The predicted octanol–water partition coefficient (Wildman–Crippen LogP) is 21.5. The summed E-state index contributed by atoms with van der Waals surface area (Å²) in [6, 6.07) is 0. The molecule has 0 heterocycles. The van der Waals surface area contributed by atoms with Crippen molar-refractivity contribution in [3.8, 4) is 0 Å². The fourth-order valence-electron chi connectivity index (χ4n) is 9.95. The lowest BCUT2D eigenvalue weighted by atomic mass is 10.0. The van der Waals surface area contributed by atoms with Gasteiger partial charge < -0.3 is 0 Å². The molecule has 0 aliphatic heterocycles. The maximum atomic E-state index is 2.87. The van der Waals surface area contributed by atoms with Crippen LogP contribution in [0.25, 0.3) is 0 Å². The molecule has 0 nitrogen and oxygen atoms in total. The van der Waals surface area contributed by atoms with E-state index in [1.807, 2.05) is 0 Å². The summed E-state index contributed by atoms with van der Waals surface area (Å²) in [7, 11) is 14.2. The summed E-state index contributed by atoms with van der Waals surface area (Å²) < 4.78 is -2.42. The van der Waals surface area contributed by atoms with Crippen LogP contribution in [0, 0.1) is 5.92 Å². The van der Waals surface area contributed by atoms with Crippen LogP contribution in [0.4, 0.5) is 0 Å². The van der Waals surface area contributed by atoms with E-state index in [1.54, 1.807) is 0 Å². The van der Waals surface area contributed by atoms with Crippen LogP contribution >= 0.6 is 69.2 Å². The van der Waals surface area contributed by atoms with Gasteiger partial charge in [0, 0.05) is 27.3 Å². The van der Waals surface area contributed by atoms with Crippen molar-refractivity contribution >= 4 is 69.2 Å². The summed E-state index contributed by atoms with van der Waals surface area (Å²) >= 11 is 2.64. The molecule has 0 N–H and O–H groups in total. The topological polar surface area (TPSA) is 0 Å². The lowest BCUT2D eigenvalue weighted by Gasteiger charge is -2.82. The van der Waals surface area contributed by atoms with Crippen LogP contribution in [-0.4, -0.2) is 37.6 Å². The minimum Gasteiger partial charge on any atom is -0.146 e. The van der Waals surface area contributed by atoms with Crippen molar-refractivity contribution in [2.45, 2.75) is 293 Å². The summed E-state index contributed by atoms with van der Waals surface area (Å²) in [4.78, 5) is 0. The first kappa shape index (κ1) is 53.8. The molecule has 7 heteroatoms. The minimum atomic E-state index is -3.20. The molecule has 0 aromatic rings. The summed E-state index contributed by atoms with van der Waals surface area (Å²) in [5.41, 5.74) is 0. The van der Waals surface area contributed by atoms with E-state index in [2.05, 4.69) is 100 Å². The standard InChI is InChI=1S/C50H100S7/c1-6-11-15-18-25-35-45-53-57(52-44-34-24-16-12-7-2,56-49-41-31-26-32-42-49,55-48-39-29-22-23-30-40-48,54-47-37-27-20-19-21-28-38-47)50(46(10-5)36-14-9-4)51-43-33-17-13-8-3/h46-50H,6-45H2,1-5H3. The zero-order valence-electron chi connectivity index (χ0n) is 39.0. The van der Waals surface area contributed by atoms with Crippen molar-refractivity contribution in [3.05, 3.63) is 0 Å². The van der Waals surface area contributed by atoms with Crippen LogP contribution < -0.4 is 0 Å².